The Morgan fingerprint density at radius 1 is 1.58 bits per heavy atom. The molecule has 12 heavy (non-hydrogen) atoms. The van der Waals surface area contributed by atoms with Gasteiger partial charge in [-0.15, -0.1) is 0 Å². The van der Waals surface area contributed by atoms with Crippen LogP contribution in [0.25, 0.3) is 0 Å². The Balaban J connectivity index is 2.34. The lowest BCUT2D eigenvalue weighted by molar-refractivity contribution is 0.305. The molecule has 2 atom stereocenters. The van der Waals surface area contributed by atoms with Crippen LogP contribution >= 0.6 is 0 Å². The molecule has 2 rings (SSSR count). The van der Waals surface area contributed by atoms with Crippen molar-refractivity contribution in [3.8, 4) is 0 Å². The summed E-state index contributed by atoms with van der Waals surface area (Å²) < 4.78 is 5.47. The molecule has 1 heterocycles. The summed E-state index contributed by atoms with van der Waals surface area (Å²) in [5, 5.41) is 3.30. The van der Waals surface area contributed by atoms with Crippen molar-refractivity contribution in [3.05, 3.63) is 23.7 Å². The standard InChI is InChI=1S/C10H15NO/c1-7-3-4-8-5-6-12-10(8)9(7)11-2/h5-7,9,11H,3-4H2,1-2H3. The van der Waals surface area contributed by atoms with Gasteiger partial charge in [-0.2, -0.15) is 0 Å². The monoisotopic (exact) mass is 165 g/mol. The number of hydrogen-bond donors (Lipinski definition) is 1. The Hall–Kier alpha value is -0.760. The fourth-order valence-corrected chi connectivity index (χ4v) is 2.05. The van der Waals surface area contributed by atoms with E-state index in [-0.39, 0.29) is 0 Å². The van der Waals surface area contributed by atoms with Gasteiger partial charge in [-0.1, -0.05) is 6.92 Å². The minimum Gasteiger partial charge on any atom is -0.467 e. The van der Waals surface area contributed by atoms with E-state index < -0.39 is 0 Å². The largest absolute Gasteiger partial charge is 0.467 e. The summed E-state index contributed by atoms with van der Waals surface area (Å²) in [6.45, 7) is 2.27. The lowest BCUT2D eigenvalue weighted by atomic mass is 9.85. The molecule has 1 aromatic rings. The molecule has 0 radical (unpaired) electrons. The van der Waals surface area contributed by atoms with E-state index >= 15 is 0 Å². The highest BCUT2D eigenvalue weighted by Crippen LogP contribution is 2.34. The molecule has 0 fully saturated rings. The van der Waals surface area contributed by atoms with Crippen molar-refractivity contribution in [3.63, 3.8) is 0 Å². The topological polar surface area (TPSA) is 25.2 Å². The van der Waals surface area contributed by atoms with Crippen LogP contribution in [0.1, 0.15) is 30.7 Å². The van der Waals surface area contributed by atoms with Gasteiger partial charge >= 0.3 is 0 Å². The Morgan fingerprint density at radius 2 is 2.42 bits per heavy atom. The van der Waals surface area contributed by atoms with E-state index in [1.165, 1.54) is 18.4 Å². The fourth-order valence-electron chi connectivity index (χ4n) is 2.05. The summed E-state index contributed by atoms with van der Waals surface area (Å²) in [6.07, 6.45) is 4.23. The van der Waals surface area contributed by atoms with Gasteiger partial charge in [0, 0.05) is 0 Å². The van der Waals surface area contributed by atoms with Crippen molar-refractivity contribution in [1.29, 1.82) is 0 Å². The summed E-state index contributed by atoms with van der Waals surface area (Å²) in [4.78, 5) is 0. The van der Waals surface area contributed by atoms with E-state index in [9.17, 15) is 0 Å². The summed E-state index contributed by atoms with van der Waals surface area (Å²) in [6, 6.07) is 2.51. The van der Waals surface area contributed by atoms with Gasteiger partial charge in [0.25, 0.3) is 0 Å². The smallest absolute Gasteiger partial charge is 0.124 e. The Labute approximate surface area is 73.0 Å². The predicted molar refractivity (Wildman–Crippen MR) is 48.0 cm³/mol. The van der Waals surface area contributed by atoms with Crippen LogP contribution in [0.4, 0.5) is 0 Å². The predicted octanol–water partition coefficient (Wildman–Crippen LogP) is 2.12. The van der Waals surface area contributed by atoms with Gasteiger partial charge in [0.15, 0.2) is 0 Å². The molecule has 1 aromatic heterocycles. The number of fused-ring (bicyclic) bond motifs is 1. The quantitative estimate of drug-likeness (QED) is 0.689. The van der Waals surface area contributed by atoms with Gasteiger partial charge in [-0.25, -0.2) is 0 Å². The van der Waals surface area contributed by atoms with Crippen molar-refractivity contribution in [2.24, 2.45) is 5.92 Å². The lowest BCUT2D eigenvalue weighted by Gasteiger charge is -2.27. The lowest BCUT2D eigenvalue weighted by Crippen LogP contribution is -2.27. The van der Waals surface area contributed by atoms with E-state index in [2.05, 4.69) is 18.3 Å². The third-order valence-corrected chi connectivity index (χ3v) is 2.81. The highest BCUT2D eigenvalue weighted by molar-refractivity contribution is 5.23. The SMILES string of the molecule is CNC1c2occc2CCC1C. The van der Waals surface area contributed by atoms with Crippen LogP contribution in [0.3, 0.4) is 0 Å². The molecule has 0 aromatic carbocycles. The van der Waals surface area contributed by atoms with Gasteiger partial charge in [0.1, 0.15) is 5.76 Å². The fraction of sp³-hybridized carbons (Fsp3) is 0.600. The molecule has 1 N–H and O–H groups in total. The molecule has 1 aliphatic rings. The molecular formula is C10H15NO. The van der Waals surface area contributed by atoms with Crippen molar-refractivity contribution in [1.82, 2.24) is 5.32 Å². The third-order valence-electron chi connectivity index (χ3n) is 2.81. The average Bonchev–Trinajstić information content (AvgIpc) is 2.52. The van der Waals surface area contributed by atoms with Crippen LogP contribution < -0.4 is 5.32 Å². The zero-order valence-corrected chi connectivity index (χ0v) is 7.63. The maximum atomic E-state index is 5.47. The molecule has 0 saturated heterocycles. The summed E-state index contributed by atoms with van der Waals surface area (Å²) in [5.41, 5.74) is 1.38. The Morgan fingerprint density at radius 3 is 3.17 bits per heavy atom. The van der Waals surface area contributed by atoms with Crippen LogP contribution in [0, 0.1) is 5.92 Å². The molecule has 1 aliphatic carbocycles. The zero-order valence-electron chi connectivity index (χ0n) is 7.63. The highest BCUT2D eigenvalue weighted by Gasteiger charge is 2.27. The molecule has 0 spiro atoms. The highest BCUT2D eigenvalue weighted by atomic mass is 16.3. The minimum atomic E-state index is 0.420. The van der Waals surface area contributed by atoms with Crippen LogP contribution in [0.15, 0.2) is 16.7 Å². The molecule has 0 saturated carbocycles. The van der Waals surface area contributed by atoms with Crippen molar-refractivity contribution >= 4 is 0 Å². The second-order valence-electron chi connectivity index (χ2n) is 3.59. The normalized spacial score (nSPS) is 28.5. The average molecular weight is 165 g/mol. The molecule has 2 nitrogen and oxygen atoms in total. The molecule has 2 unspecified atom stereocenters. The van der Waals surface area contributed by atoms with Crippen LogP contribution in [-0.4, -0.2) is 7.05 Å². The Kier molecular flexibility index (Phi) is 1.93. The van der Waals surface area contributed by atoms with E-state index in [4.69, 9.17) is 4.42 Å². The Bertz CT molecular complexity index is 267. The molecular weight excluding hydrogens is 150 g/mol. The van der Waals surface area contributed by atoms with Crippen molar-refractivity contribution in [2.45, 2.75) is 25.8 Å². The number of furan rings is 1. The van der Waals surface area contributed by atoms with Crippen molar-refractivity contribution in [2.75, 3.05) is 7.05 Å². The first-order valence-electron chi connectivity index (χ1n) is 4.56. The van der Waals surface area contributed by atoms with E-state index in [1.54, 1.807) is 6.26 Å². The van der Waals surface area contributed by atoms with Crippen LogP contribution in [-0.2, 0) is 6.42 Å². The van der Waals surface area contributed by atoms with Gasteiger partial charge in [-0.05, 0) is 37.4 Å². The van der Waals surface area contributed by atoms with Crippen LogP contribution in [0.2, 0.25) is 0 Å². The van der Waals surface area contributed by atoms with Gasteiger partial charge in [0.2, 0.25) is 0 Å². The maximum Gasteiger partial charge on any atom is 0.124 e. The summed E-state index contributed by atoms with van der Waals surface area (Å²) in [7, 11) is 2.00. The molecule has 0 bridgehead atoms. The number of nitrogens with one attached hydrogen (secondary N) is 1. The van der Waals surface area contributed by atoms with Gasteiger partial charge in [0.05, 0.1) is 12.3 Å². The number of rotatable bonds is 1. The number of hydrogen-bond acceptors (Lipinski definition) is 2. The first kappa shape index (κ1) is 7.87. The van der Waals surface area contributed by atoms with E-state index in [0.29, 0.717) is 12.0 Å². The third kappa shape index (κ3) is 1.07. The zero-order chi connectivity index (χ0) is 8.55. The molecule has 0 amide bonds. The second kappa shape index (κ2) is 2.94. The molecule has 2 heteroatoms. The van der Waals surface area contributed by atoms with E-state index in [0.717, 1.165) is 5.76 Å². The van der Waals surface area contributed by atoms with Gasteiger partial charge < -0.3 is 9.73 Å². The summed E-state index contributed by atoms with van der Waals surface area (Å²) >= 11 is 0. The number of aryl methyl sites for hydroxylation is 1. The maximum absolute atomic E-state index is 5.47. The second-order valence-corrected chi connectivity index (χ2v) is 3.59. The summed E-state index contributed by atoms with van der Waals surface area (Å²) in [5.74, 6) is 1.84. The van der Waals surface area contributed by atoms with E-state index in [1.807, 2.05) is 7.05 Å². The van der Waals surface area contributed by atoms with Gasteiger partial charge in [-0.3, -0.25) is 0 Å². The first-order valence-corrected chi connectivity index (χ1v) is 4.56. The van der Waals surface area contributed by atoms with Crippen LogP contribution in [0.5, 0.6) is 0 Å². The first-order chi connectivity index (χ1) is 5.83. The van der Waals surface area contributed by atoms with Crippen molar-refractivity contribution < 1.29 is 4.42 Å². The molecule has 0 aliphatic heterocycles. The minimum absolute atomic E-state index is 0.420. The molecule has 66 valence electrons.